The fraction of sp³-hybridized carbons (Fsp3) is 0.280. The lowest BCUT2D eigenvalue weighted by Crippen LogP contribution is -2.47. The third kappa shape index (κ3) is 5.49. The number of carbonyl (C=O) groups is 3. The summed E-state index contributed by atoms with van der Waals surface area (Å²) in [5, 5.41) is 5.26. The number of amides is 3. The van der Waals surface area contributed by atoms with Gasteiger partial charge < -0.3 is 10.1 Å². The van der Waals surface area contributed by atoms with Gasteiger partial charge in [-0.05, 0) is 42.7 Å². The van der Waals surface area contributed by atoms with Crippen molar-refractivity contribution in [2.24, 2.45) is 0 Å². The highest BCUT2D eigenvalue weighted by Crippen LogP contribution is 2.32. The number of benzene rings is 2. The molecule has 1 saturated carbocycles. The Morgan fingerprint density at radius 3 is 2.54 bits per heavy atom. The van der Waals surface area contributed by atoms with Gasteiger partial charge in [0, 0.05) is 28.9 Å². The molecule has 2 aliphatic rings. The molecule has 1 unspecified atom stereocenters. The summed E-state index contributed by atoms with van der Waals surface area (Å²) >= 11 is 2.83. The van der Waals surface area contributed by atoms with E-state index < -0.39 is 12.1 Å². The average Bonchev–Trinajstić information content (AvgIpc) is 3.33. The van der Waals surface area contributed by atoms with Crippen molar-refractivity contribution in [3.63, 3.8) is 0 Å². The lowest BCUT2D eigenvalue weighted by atomic mass is 10.1. The van der Waals surface area contributed by atoms with Crippen LogP contribution in [0.25, 0.3) is 0 Å². The molecule has 1 atom stereocenters. The molecule has 0 spiro atoms. The van der Waals surface area contributed by atoms with E-state index in [-0.39, 0.29) is 24.5 Å². The highest BCUT2D eigenvalue weighted by molar-refractivity contribution is 7.99. The Kier molecular flexibility index (Phi) is 7.01. The number of nitrogens with zero attached hydrogens (tertiary/aromatic N) is 3. The van der Waals surface area contributed by atoms with Gasteiger partial charge in [-0.15, -0.1) is 23.1 Å². The SMILES string of the molecule is O=C(NC1CC1)c1ccc(N(C(=O)C2CSCN2C(=O)OCc2ccccc2)c2nccs2)cc1. The van der Waals surface area contributed by atoms with Gasteiger partial charge in [0.05, 0.1) is 11.6 Å². The summed E-state index contributed by atoms with van der Waals surface area (Å²) in [4.78, 5) is 46.3. The summed E-state index contributed by atoms with van der Waals surface area (Å²) in [6.07, 6.45) is 3.13. The minimum Gasteiger partial charge on any atom is -0.445 e. The summed E-state index contributed by atoms with van der Waals surface area (Å²) in [6.45, 7) is 0.141. The maximum Gasteiger partial charge on any atom is 0.411 e. The molecule has 2 fully saturated rings. The maximum absolute atomic E-state index is 13.8. The van der Waals surface area contributed by atoms with Crippen LogP contribution < -0.4 is 10.2 Å². The van der Waals surface area contributed by atoms with Gasteiger partial charge in [0.2, 0.25) is 0 Å². The standard InChI is InChI=1S/C25H24N4O4S2/c30-22(27-19-8-9-19)18-6-10-20(11-7-18)29(24-26-12-13-35-24)23(31)21-15-34-16-28(21)25(32)33-14-17-4-2-1-3-5-17/h1-7,10-13,19,21H,8-9,14-16H2,(H,27,30). The van der Waals surface area contributed by atoms with Gasteiger partial charge in [-0.3, -0.25) is 19.4 Å². The number of hydrogen-bond acceptors (Lipinski definition) is 7. The minimum absolute atomic E-state index is 0.120. The summed E-state index contributed by atoms with van der Waals surface area (Å²) in [7, 11) is 0. The number of aromatic nitrogens is 1. The zero-order valence-corrected chi connectivity index (χ0v) is 20.5. The molecule has 180 valence electrons. The maximum atomic E-state index is 13.8. The molecule has 3 amide bonds. The predicted octanol–water partition coefficient (Wildman–Crippen LogP) is 4.41. The van der Waals surface area contributed by atoms with E-state index in [0.29, 0.717) is 28.0 Å². The highest BCUT2D eigenvalue weighted by Gasteiger charge is 2.39. The minimum atomic E-state index is -0.690. The highest BCUT2D eigenvalue weighted by atomic mass is 32.2. The van der Waals surface area contributed by atoms with Gasteiger partial charge in [-0.25, -0.2) is 9.78 Å². The number of nitrogens with one attached hydrogen (secondary N) is 1. The number of carbonyl (C=O) groups excluding carboxylic acids is 3. The number of thioether (sulfide) groups is 1. The van der Waals surface area contributed by atoms with Crippen LogP contribution in [0, 0.1) is 0 Å². The fourth-order valence-corrected chi connectivity index (χ4v) is 5.49. The third-order valence-corrected chi connectivity index (χ3v) is 7.51. The Morgan fingerprint density at radius 1 is 1.09 bits per heavy atom. The van der Waals surface area contributed by atoms with Crippen molar-refractivity contribution in [3.8, 4) is 0 Å². The van der Waals surface area contributed by atoms with E-state index in [1.807, 2.05) is 30.3 Å². The van der Waals surface area contributed by atoms with Crippen LogP contribution in [-0.2, 0) is 16.1 Å². The van der Waals surface area contributed by atoms with Crippen LogP contribution in [0.15, 0.2) is 66.2 Å². The third-order valence-electron chi connectivity index (χ3n) is 5.74. The molecule has 1 saturated heterocycles. The first kappa shape index (κ1) is 23.4. The first-order chi connectivity index (χ1) is 17.1. The first-order valence-corrected chi connectivity index (χ1v) is 13.3. The molecule has 1 N–H and O–H groups in total. The number of ether oxygens (including phenoxy) is 1. The molecule has 5 rings (SSSR count). The Bertz CT molecular complexity index is 1180. The average molecular weight is 509 g/mol. The van der Waals surface area contributed by atoms with Gasteiger partial charge in [0.1, 0.15) is 12.6 Å². The van der Waals surface area contributed by atoms with E-state index in [1.54, 1.807) is 35.8 Å². The topological polar surface area (TPSA) is 91.8 Å². The molecule has 0 radical (unpaired) electrons. The summed E-state index contributed by atoms with van der Waals surface area (Å²) in [5.41, 5.74) is 2.00. The van der Waals surface area contributed by atoms with E-state index in [9.17, 15) is 14.4 Å². The number of thiazole rings is 1. The molecule has 10 heteroatoms. The molecule has 2 aromatic carbocycles. The van der Waals surface area contributed by atoms with Crippen molar-refractivity contribution >= 4 is 51.8 Å². The van der Waals surface area contributed by atoms with Crippen LogP contribution in [0.1, 0.15) is 28.8 Å². The smallest absolute Gasteiger partial charge is 0.411 e. The molecule has 1 aliphatic carbocycles. The first-order valence-electron chi connectivity index (χ1n) is 11.3. The van der Waals surface area contributed by atoms with Crippen molar-refractivity contribution in [1.82, 2.24) is 15.2 Å². The van der Waals surface area contributed by atoms with Crippen LogP contribution in [0.5, 0.6) is 0 Å². The summed E-state index contributed by atoms with van der Waals surface area (Å²) in [5.74, 6) is 0.446. The Hall–Kier alpha value is -3.37. The fourth-order valence-electron chi connectivity index (χ4n) is 3.69. The van der Waals surface area contributed by atoms with Gasteiger partial charge >= 0.3 is 6.09 Å². The zero-order valence-electron chi connectivity index (χ0n) is 18.8. The second kappa shape index (κ2) is 10.5. The normalized spacial score (nSPS) is 17.1. The number of hydrogen-bond donors (Lipinski definition) is 1. The van der Waals surface area contributed by atoms with E-state index in [4.69, 9.17) is 4.74 Å². The van der Waals surface area contributed by atoms with Crippen molar-refractivity contribution in [2.75, 3.05) is 16.5 Å². The van der Waals surface area contributed by atoms with Gasteiger partial charge in [-0.2, -0.15) is 0 Å². The molecule has 2 heterocycles. The quantitative estimate of drug-likeness (QED) is 0.508. The van der Waals surface area contributed by atoms with E-state index in [0.717, 1.165) is 18.4 Å². The Balaban J connectivity index is 1.33. The Morgan fingerprint density at radius 2 is 1.86 bits per heavy atom. The van der Waals surface area contributed by atoms with E-state index in [2.05, 4.69) is 10.3 Å². The molecule has 0 bridgehead atoms. The van der Waals surface area contributed by atoms with Gasteiger partial charge in [0.25, 0.3) is 11.8 Å². The Labute approximate surface area is 211 Å². The van der Waals surface area contributed by atoms with E-state index >= 15 is 0 Å². The second-order valence-electron chi connectivity index (χ2n) is 8.31. The van der Waals surface area contributed by atoms with Gasteiger partial charge in [0.15, 0.2) is 5.13 Å². The number of rotatable bonds is 7. The molecule has 1 aliphatic heterocycles. The van der Waals surface area contributed by atoms with Crippen LogP contribution in [0.2, 0.25) is 0 Å². The second-order valence-corrected chi connectivity index (χ2v) is 10.2. The van der Waals surface area contributed by atoms with Crippen LogP contribution >= 0.6 is 23.1 Å². The van der Waals surface area contributed by atoms with Crippen molar-refractivity contribution in [3.05, 3.63) is 77.3 Å². The molecule has 1 aromatic heterocycles. The van der Waals surface area contributed by atoms with Crippen molar-refractivity contribution in [1.29, 1.82) is 0 Å². The van der Waals surface area contributed by atoms with Crippen molar-refractivity contribution in [2.45, 2.75) is 31.5 Å². The molecule has 3 aromatic rings. The molecular formula is C25H24N4O4S2. The lowest BCUT2D eigenvalue weighted by molar-refractivity contribution is -0.121. The van der Waals surface area contributed by atoms with Crippen LogP contribution in [-0.4, -0.2) is 51.5 Å². The molecular weight excluding hydrogens is 484 g/mol. The zero-order chi connectivity index (χ0) is 24.2. The molecule has 8 nitrogen and oxygen atoms in total. The van der Waals surface area contributed by atoms with Crippen LogP contribution in [0.3, 0.4) is 0 Å². The van der Waals surface area contributed by atoms with E-state index in [1.165, 1.54) is 32.9 Å². The monoisotopic (exact) mass is 508 g/mol. The summed E-state index contributed by atoms with van der Waals surface area (Å²) < 4.78 is 5.49. The summed E-state index contributed by atoms with van der Waals surface area (Å²) in [6, 6.07) is 15.9. The van der Waals surface area contributed by atoms with Crippen molar-refractivity contribution < 1.29 is 19.1 Å². The predicted molar refractivity (Wildman–Crippen MR) is 136 cm³/mol. The molecule has 35 heavy (non-hydrogen) atoms. The number of anilines is 2. The largest absolute Gasteiger partial charge is 0.445 e. The van der Waals surface area contributed by atoms with Gasteiger partial charge in [-0.1, -0.05) is 30.3 Å². The van der Waals surface area contributed by atoms with Crippen LogP contribution in [0.4, 0.5) is 15.6 Å². The lowest BCUT2D eigenvalue weighted by Gasteiger charge is -2.28.